The molecule has 2 aromatic heterocycles. The molecule has 6 heteroatoms. The van der Waals surface area contributed by atoms with Crippen LogP contribution in [0.1, 0.15) is 29.6 Å². The monoisotopic (exact) mass is 310 g/mol. The number of benzene rings is 1. The molecule has 1 aliphatic rings. The van der Waals surface area contributed by atoms with Crippen LogP contribution in [0.5, 0.6) is 0 Å². The summed E-state index contributed by atoms with van der Waals surface area (Å²) in [5, 5.41) is 8.58. The van der Waals surface area contributed by atoms with Crippen LogP contribution >= 0.6 is 0 Å². The minimum atomic E-state index is 0.251. The van der Waals surface area contributed by atoms with Crippen LogP contribution in [0.4, 0.5) is 0 Å². The number of aromatic nitrogens is 4. The number of hydrogen-bond donors (Lipinski definition) is 0. The predicted octanol–water partition coefficient (Wildman–Crippen LogP) is 3.04. The fourth-order valence-corrected chi connectivity index (χ4v) is 2.89. The molecule has 1 aromatic carbocycles. The Labute approximate surface area is 134 Å². The molecule has 1 aliphatic heterocycles. The summed E-state index contributed by atoms with van der Waals surface area (Å²) in [6.45, 7) is 5.48. The number of aryl methyl sites for hydroxylation is 2. The summed E-state index contributed by atoms with van der Waals surface area (Å²) in [7, 11) is 0. The summed E-state index contributed by atoms with van der Waals surface area (Å²) in [5.41, 5.74) is 4.04. The van der Waals surface area contributed by atoms with Gasteiger partial charge in [-0.05, 0) is 50.6 Å². The van der Waals surface area contributed by atoms with Crippen molar-refractivity contribution in [3.05, 3.63) is 47.5 Å². The van der Waals surface area contributed by atoms with Crippen molar-refractivity contribution in [3.63, 3.8) is 0 Å². The Morgan fingerprint density at radius 2 is 2.00 bits per heavy atom. The first-order valence-corrected chi connectivity index (χ1v) is 7.76. The Hall–Kier alpha value is -2.47. The first kappa shape index (κ1) is 14.1. The number of rotatable bonds is 3. The van der Waals surface area contributed by atoms with Gasteiger partial charge < -0.3 is 9.26 Å². The fourth-order valence-electron chi connectivity index (χ4n) is 2.89. The van der Waals surface area contributed by atoms with Gasteiger partial charge in [0.2, 0.25) is 0 Å². The zero-order valence-corrected chi connectivity index (χ0v) is 13.2. The smallest absolute Gasteiger partial charge is 0.257 e. The summed E-state index contributed by atoms with van der Waals surface area (Å²) in [6.07, 6.45) is 0.954. The van der Waals surface area contributed by atoms with Gasteiger partial charge in [0.15, 0.2) is 5.82 Å². The van der Waals surface area contributed by atoms with Gasteiger partial charge in [0.25, 0.3) is 5.89 Å². The molecule has 3 aromatic rings. The molecule has 0 aliphatic carbocycles. The summed E-state index contributed by atoms with van der Waals surface area (Å²) >= 11 is 0. The van der Waals surface area contributed by atoms with Crippen molar-refractivity contribution in [3.8, 4) is 17.1 Å². The van der Waals surface area contributed by atoms with Crippen molar-refractivity contribution in [1.82, 2.24) is 19.9 Å². The Balaban J connectivity index is 1.59. The van der Waals surface area contributed by atoms with Crippen LogP contribution in [0.25, 0.3) is 17.1 Å². The van der Waals surface area contributed by atoms with Gasteiger partial charge in [-0.25, -0.2) is 4.68 Å². The molecule has 0 bridgehead atoms. The van der Waals surface area contributed by atoms with Gasteiger partial charge in [-0.2, -0.15) is 10.1 Å². The maximum atomic E-state index is 5.40. The fraction of sp³-hybridized carbons (Fsp3) is 0.353. The van der Waals surface area contributed by atoms with Crippen molar-refractivity contribution < 1.29 is 9.26 Å². The molecular weight excluding hydrogens is 292 g/mol. The van der Waals surface area contributed by atoms with Crippen LogP contribution < -0.4 is 0 Å². The molecular formula is C17H18N4O2. The average molecular weight is 310 g/mol. The molecule has 0 amide bonds. The highest BCUT2D eigenvalue weighted by Crippen LogP contribution is 2.26. The lowest BCUT2D eigenvalue weighted by Gasteiger charge is -2.04. The van der Waals surface area contributed by atoms with Crippen molar-refractivity contribution in [2.24, 2.45) is 0 Å². The van der Waals surface area contributed by atoms with E-state index in [0.29, 0.717) is 12.5 Å². The zero-order chi connectivity index (χ0) is 15.8. The van der Waals surface area contributed by atoms with E-state index in [2.05, 4.69) is 21.3 Å². The van der Waals surface area contributed by atoms with E-state index in [4.69, 9.17) is 9.26 Å². The van der Waals surface area contributed by atoms with Crippen molar-refractivity contribution in [2.45, 2.75) is 26.2 Å². The Morgan fingerprint density at radius 1 is 1.17 bits per heavy atom. The summed E-state index contributed by atoms with van der Waals surface area (Å²) in [6, 6.07) is 10.0. The molecule has 6 nitrogen and oxygen atoms in total. The third-order valence-corrected chi connectivity index (χ3v) is 4.10. The average Bonchev–Trinajstić information content (AvgIpc) is 3.27. The van der Waals surface area contributed by atoms with E-state index in [-0.39, 0.29) is 5.92 Å². The van der Waals surface area contributed by atoms with Gasteiger partial charge in [0.05, 0.1) is 18.0 Å². The van der Waals surface area contributed by atoms with E-state index >= 15 is 0 Å². The maximum absolute atomic E-state index is 5.40. The van der Waals surface area contributed by atoms with Crippen LogP contribution in [0, 0.1) is 13.8 Å². The van der Waals surface area contributed by atoms with E-state index in [0.717, 1.165) is 41.5 Å². The first-order chi connectivity index (χ1) is 11.2. The molecule has 4 rings (SSSR count). The van der Waals surface area contributed by atoms with Crippen molar-refractivity contribution >= 4 is 0 Å². The second-order valence-corrected chi connectivity index (χ2v) is 5.90. The standard InChI is InChI=1S/C17H18N4O2/c1-11-9-12(2)21(19-11)15-5-3-13(4-6-15)17-18-16(20-23-17)14-7-8-22-10-14/h3-6,9,14H,7-8,10H2,1-2H3/t14-/m0/s1. The molecule has 0 N–H and O–H groups in total. The van der Waals surface area contributed by atoms with Gasteiger partial charge in [-0.1, -0.05) is 5.16 Å². The summed E-state index contributed by atoms with van der Waals surface area (Å²) in [5.74, 6) is 1.54. The zero-order valence-electron chi connectivity index (χ0n) is 13.2. The van der Waals surface area contributed by atoms with Gasteiger partial charge in [-0.3, -0.25) is 0 Å². The Kier molecular flexibility index (Phi) is 3.46. The van der Waals surface area contributed by atoms with Crippen molar-refractivity contribution in [1.29, 1.82) is 0 Å². The molecule has 23 heavy (non-hydrogen) atoms. The highest BCUT2D eigenvalue weighted by molar-refractivity contribution is 5.55. The number of ether oxygens (including phenoxy) is 1. The van der Waals surface area contributed by atoms with E-state index in [1.807, 2.05) is 42.8 Å². The highest BCUT2D eigenvalue weighted by atomic mass is 16.5. The second-order valence-electron chi connectivity index (χ2n) is 5.90. The molecule has 0 spiro atoms. The van der Waals surface area contributed by atoms with Crippen LogP contribution in [0.15, 0.2) is 34.9 Å². The highest BCUT2D eigenvalue weighted by Gasteiger charge is 2.23. The van der Waals surface area contributed by atoms with Crippen LogP contribution in [-0.4, -0.2) is 33.1 Å². The molecule has 1 fully saturated rings. The van der Waals surface area contributed by atoms with Gasteiger partial charge in [0, 0.05) is 23.8 Å². The molecule has 1 atom stereocenters. The topological polar surface area (TPSA) is 66.0 Å². The second kappa shape index (κ2) is 5.62. The lowest BCUT2D eigenvalue weighted by Crippen LogP contribution is -2.00. The Bertz CT molecular complexity index is 813. The van der Waals surface area contributed by atoms with Crippen molar-refractivity contribution in [2.75, 3.05) is 13.2 Å². The van der Waals surface area contributed by atoms with E-state index in [1.54, 1.807) is 0 Å². The third kappa shape index (κ3) is 2.66. The molecule has 3 heterocycles. The molecule has 0 saturated carbocycles. The van der Waals surface area contributed by atoms with Crippen LogP contribution in [0.2, 0.25) is 0 Å². The lowest BCUT2D eigenvalue weighted by atomic mass is 10.1. The normalized spacial score (nSPS) is 17.7. The first-order valence-electron chi connectivity index (χ1n) is 7.76. The quantitative estimate of drug-likeness (QED) is 0.744. The van der Waals surface area contributed by atoms with Gasteiger partial charge >= 0.3 is 0 Å². The van der Waals surface area contributed by atoms with E-state index in [1.165, 1.54) is 0 Å². The minimum absolute atomic E-state index is 0.251. The number of hydrogen-bond acceptors (Lipinski definition) is 5. The van der Waals surface area contributed by atoms with Crippen LogP contribution in [-0.2, 0) is 4.74 Å². The maximum Gasteiger partial charge on any atom is 0.257 e. The Morgan fingerprint density at radius 3 is 2.65 bits per heavy atom. The largest absolute Gasteiger partial charge is 0.381 e. The molecule has 0 radical (unpaired) electrons. The number of nitrogens with zero attached hydrogens (tertiary/aromatic N) is 4. The minimum Gasteiger partial charge on any atom is -0.381 e. The molecule has 118 valence electrons. The van der Waals surface area contributed by atoms with E-state index < -0.39 is 0 Å². The summed E-state index contributed by atoms with van der Waals surface area (Å²) in [4.78, 5) is 4.51. The predicted molar refractivity (Wildman–Crippen MR) is 84.5 cm³/mol. The summed E-state index contributed by atoms with van der Waals surface area (Å²) < 4.78 is 12.7. The molecule has 1 saturated heterocycles. The molecule has 0 unspecified atom stereocenters. The van der Waals surface area contributed by atoms with Crippen LogP contribution in [0.3, 0.4) is 0 Å². The third-order valence-electron chi connectivity index (χ3n) is 4.10. The van der Waals surface area contributed by atoms with E-state index in [9.17, 15) is 0 Å². The lowest BCUT2D eigenvalue weighted by molar-refractivity contribution is 0.192. The van der Waals surface area contributed by atoms with Gasteiger partial charge in [0.1, 0.15) is 0 Å². The van der Waals surface area contributed by atoms with Gasteiger partial charge in [-0.15, -0.1) is 0 Å². The SMILES string of the molecule is Cc1cc(C)n(-c2ccc(-c3nc([C@H]4CCOC4)no3)cc2)n1.